The lowest BCUT2D eigenvalue weighted by Gasteiger charge is -2.06. The summed E-state index contributed by atoms with van der Waals surface area (Å²) in [6.45, 7) is 1.75. The highest BCUT2D eigenvalue weighted by molar-refractivity contribution is 5.94. The standard InChI is InChI=1S/C13H10FNO2/c1-8-5-9(7-10(14)6-8)12-11(13(16)17)3-2-4-15-12/h2-7H,1H3,(H,16,17). The van der Waals surface area contributed by atoms with E-state index in [-0.39, 0.29) is 11.3 Å². The van der Waals surface area contributed by atoms with E-state index in [9.17, 15) is 9.18 Å². The fraction of sp³-hybridized carbons (Fsp3) is 0.0769. The van der Waals surface area contributed by atoms with Crippen LogP contribution in [0.4, 0.5) is 4.39 Å². The average molecular weight is 231 g/mol. The third-order valence-corrected chi connectivity index (χ3v) is 2.35. The van der Waals surface area contributed by atoms with Crippen LogP contribution in [0.5, 0.6) is 0 Å². The SMILES string of the molecule is Cc1cc(F)cc(-c2ncccc2C(=O)O)c1. The number of nitrogens with zero attached hydrogens (tertiary/aromatic N) is 1. The predicted molar refractivity (Wildman–Crippen MR) is 61.3 cm³/mol. The maximum atomic E-state index is 13.3. The van der Waals surface area contributed by atoms with Gasteiger partial charge in [0.15, 0.2) is 0 Å². The number of pyridine rings is 1. The van der Waals surface area contributed by atoms with E-state index < -0.39 is 11.8 Å². The number of carboxylic acid groups (broad SMARTS) is 1. The molecule has 0 aliphatic rings. The maximum Gasteiger partial charge on any atom is 0.337 e. The van der Waals surface area contributed by atoms with Gasteiger partial charge in [0, 0.05) is 11.8 Å². The van der Waals surface area contributed by atoms with Crippen molar-refractivity contribution in [2.24, 2.45) is 0 Å². The van der Waals surface area contributed by atoms with Crippen LogP contribution in [0, 0.1) is 12.7 Å². The van der Waals surface area contributed by atoms with Crippen molar-refractivity contribution in [1.29, 1.82) is 0 Å². The Morgan fingerprint density at radius 3 is 2.76 bits per heavy atom. The number of rotatable bonds is 2. The quantitative estimate of drug-likeness (QED) is 0.864. The minimum atomic E-state index is -1.07. The zero-order valence-electron chi connectivity index (χ0n) is 9.14. The summed E-state index contributed by atoms with van der Waals surface area (Å²) in [6.07, 6.45) is 1.49. The number of aromatic carboxylic acids is 1. The summed E-state index contributed by atoms with van der Waals surface area (Å²) < 4.78 is 13.3. The number of carbonyl (C=O) groups is 1. The molecule has 2 rings (SSSR count). The molecule has 2 aromatic rings. The van der Waals surface area contributed by atoms with Gasteiger partial charge in [-0.1, -0.05) is 0 Å². The van der Waals surface area contributed by atoms with Gasteiger partial charge >= 0.3 is 5.97 Å². The van der Waals surface area contributed by atoms with Crippen molar-refractivity contribution in [3.63, 3.8) is 0 Å². The van der Waals surface area contributed by atoms with E-state index in [1.54, 1.807) is 19.1 Å². The lowest BCUT2D eigenvalue weighted by Crippen LogP contribution is -2.01. The van der Waals surface area contributed by atoms with Crippen LogP contribution in [0.1, 0.15) is 15.9 Å². The molecule has 0 unspecified atom stereocenters. The lowest BCUT2D eigenvalue weighted by molar-refractivity contribution is 0.0697. The Hall–Kier alpha value is -2.23. The molecule has 86 valence electrons. The molecular weight excluding hydrogens is 221 g/mol. The number of aryl methyl sites for hydroxylation is 1. The van der Waals surface area contributed by atoms with Crippen molar-refractivity contribution < 1.29 is 14.3 Å². The van der Waals surface area contributed by atoms with E-state index in [0.29, 0.717) is 5.56 Å². The van der Waals surface area contributed by atoms with E-state index in [1.807, 2.05) is 0 Å². The van der Waals surface area contributed by atoms with Crippen molar-refractivity contribution in [1.82, 2.24) is 4.98 Å². The molecule has 0 radical (unpaired) electrons. The van der Waals surface area contributed by atoms with Gasteiger partial charge in [-0.25, -0.2) is 9.18 Å². The van der Waals surface area contributed by atoms with Crippen molar-refractivity contribution >= 4 is 5.97 Å². The average Bonchev–Trinajstić information content (AvgIpc) is 2.27. The van der Waals surface area contributed by atoms with E-state index in [4.69, 9.17) is 5.11 Å². The Morgan fingerprint density at radius 2 is 2.12 bits per heavy atom. The molecule has 0 spiro atoms. The van der Waals surface area contributed by atoms with Gasteiger partial charge in [0.1, 0.15) is 5.82 Å². The van der Waals surface area contributed by atoms with E-state index in [0.717, 1.165) is 5.56 Å². The zero-order chi connectivity index (χ0) is 12.4. The summed E-state index contributed by atoms with van der Waals surface area (Å²) in [5.41, 5.74) is 1.54. The second kappa shape index (κ2) is 4.33. The van der Waals surface area contributed by atoms with Gasteiger partial charge in [0.05, 0.1) is 11.3 Å². The molecule has 1 N–H and O–H groups in total. The maximum absolute atomic E-state index is 13.3. The summed E-state index contributed by atoms with van der Waals surface area (Å²) in [5.74, 6) is -1.47. The van der Waals surface area contributed by atoms with Crippen LogP contribution in [0.3, 0.4) is 0 Å². The van der Waals surface area contributed by atoms with Crippen LogP contribution >= 0.6 is 0 Å². The Balaban J connectivity index is 2.64. The van der Waals surface area contributed by atoms with Crippen LogP contribution in [0.2, 0.25) is 0 Å². The van der Waals surface area contributed by atoms with Crippen molar-refractivity contribution in [3.05, 3.63) is 53.5 Å². The van der Waals surface area contributed by atoms with E-state index >= 15 is 0 Å². The molecule has 0 bridgehead atoms. The second-order valence-corrected chi connectivity index (χ2v) is 3.72. The Bertz CT molecular complexity index is 561. The fourth-order valence-electron chi connectivity index (χ4n) is 1.68. The number of aromatic nitrogens is 1. The molecule has 1 heterocycles. The predicted octanol–water partition coefficient (Wildman–Crippen LogP) is 2.89. The highest BCUT2D eigenvalue weighted by Crippen LogP contribution is 2.23. The number of carboxylic acids is 1. The number of benzene rings is 1. The number of hydrogen-bond acceptors (Lipinski definition) is 2. The summed E-state index contributed by atoms with van der Waals surface area (Å²) in [5, 5.41) is 9.03. The molecule has 0 saturated heterocycles. The third-order valence-electron chi connectivity index (χ3n) is 2.35. The summed E-state index contributed by atoms with van der Waals surface area (Å²) in [7, 11) is 0. The van der Waals surface area contributed by atoms with Crippen LogP contribution < -0.4 is 0 Å². The first-order chi connectivity index (χ1) is 8.08. The Labute approximate surface area is 97.6 Å². The monoisotopic (exact) mass is 231 g/mol. The van der Waals surface area contributed by atoms with Crippen LogP contribution in [0.15, 0.2) is 36.5 Å². The van der Waals surface area contributed by atoms with Gasteiger partial charge in [0.2, 0.25) is 0 Å². The molecule has 0 atom stereocenters. The minimum absolute atomic E-state index is 0.0671. The Morgan fingerprint density at radius 1 is 1.35 bits per heavy atom. The van der Waals surface area contributed by atoms with Gasteiger partial charge in [-0.2, -0.15) is 0 Å². The van der Waals surface area contributed by atoms with Gasteiger partial charge in [-0.05, 0) is 42.8 Å². The minimum Gasteiger partial charge on any atom is -0.478 e. The molecule has 1 aromatic heterocycles. The fourth-order valence-corrected chi connectivity index (χ4v) is 1.68. The molecule has 0 fully saturated rings. The first-order valence-corrected chi connectivity index (χ1v) is 5.04. The van der Waals surface area contributed by atoms with Gasteiger partial charge < -0.3 is 5.11 Å². The largest absolute Gasteiger partial charge is 0.478 e. The first-order valence-electron chi connectivity index (χ1n) is 5.04. The molecule has 0 aliphatic carbocycles. The first kappa shape index (κ1) is 11.3. The topological polar surface area (TPSA) is 50.2 Å². The van der Waals surface area contributed by atoms with Gasteiger partial charge in [0.25, 0.3) is 0 Å². The molecule has 1 aromatic carbocycles. The lowest BCUT2D eigenvalue weighted by atomic mass is 10.0. The molecule has 4 heteroatoms. The summed E-state index contributed by atoms with van der Waals surface area (Å²) >= 11 is 0. The van der Waals surface area contributed by atoms with Gasteiger partial charge in [-0.15, -0.1) is 0 Å². The zero-order valence-corrected chi connectivity index (χ0v) is 9.14. The van der Waals surface area contributed by atoms with Crippen LogP contribution in [0.25, 0.3) is 11.3 Å². The molecule has 0 amide bonds. The summed E-state index contributed by atoms with van der Waals surface area (Å²) in [6, 6.07) is 7.36. The normalized spacial score (nSPS) is 10.2. The van der Waals surface area contributed by atoms with Crippen molar-refractivity contribution in [2.45, 2.75) is 6.92 Å². The van der Waals surface area contributed by atoms with E-state index in [1.165, 1.54) is 24.4 Å². The second-order valence-electron chi connectivity index (χ2n) is 3.72. The smallest absolute Gasteiger partial charge is 0.337 e. The van der Waals surface area contributed by atoms with Crippen molar-refractivity contribution in [2.75, 3.05) is 0 Å². The highest BCUT2D eigenvalue weighted by Gasteiger charge is 2.13. The highest BCUT2D eigenvalue weighted by atomic mass is 19.1. The Kier molecular flexibility index (Phi) is 2.87. The number of halogens is 1. The molecule has 0 aliphatic heterocycles. The van der Waals surface area contributed by atoms with Gasteiger partial charge in [-0.3, -0.25) is 4.98 Å². The summed E-state index contributed by atoms with van der Waals surface area (Å²) in [4.78, 5) is 15.0. The third kappa shape index (κ3) is 2.30. The van der Waals surface area contributed by atoms with Crippen molar-refractivity contribution in [3.8, 4) is 11.3 Å². The number of hydrogen-bond donors (Lipinski definition) is 1. The molecular formula is C13H10FNO2. The van der Waals surface area contributed by atoms with Crippen LogP contribution in [-0.2, 0) is 0 Å². The molecule has 0 saturated carbocycles. The molecule has 3 nitrogen and oxygen atoms in total. The van der Waals surface area contributed by atoms with Crippen LogP contribution in [-0.4, -0.2) is 16.1 Å². The van der Waals surface area contributed by atoms with E-state index in [2.05, 4.69) is 4.98 Å². The molecule has 17 heavy (non-hydrogen) atoms.